The molecule has 0 amide bonds. The van der Waals surface area contributed by atoms with Crippen molar-refractivity contribution >= 4 is 29.1 Å². The Hall–Kier alpha value is -2.64. The topological polar surface area (TPSA) is 81.8 Å². The summed E-state index contributed by atoms with van der Waals surface area (Å²) in [6.45, 7) is 3.07. The SMILES string of the molecule is Clc1ccccc1C1CCCN1c1cc(Nc2cc(C3CCNCC3)[nH]n2)ncn1. The van der Waals surface area contributed by atoms with Gasteiger partial charge in [0.05, 0.1) is 6.04 Å². The zero-order valence-electron chi connectivity index (χ0n) is 16.8. The molecular formula is C22H26ClN7. The molecule has 2 saturated heterocycles. The smallest absolute Gasteiger partial charge is 0.153 e. The van der Waals surface area contributed by atoms with Crippen molar-refractivity contribution in [3.8, 4) is 0 Å². The van der Waals surface area contributed by atoms with E-state index in [9.17, 15) is 0 Å². The molecule has 1 unspecified atom stereocenters. The van der Waals surface area contributed by atoms with Gasteiger partial charge in [-0.2, -0.15) is 5.10 Å². The largest absolute Gasteiger partial charge is 0.349 e. The van der Waals surface area contributed by atoms with Crippen molar-refractivity contribution in [1.82, 2.24) is 25.5 Å². The number of anilines is 3. The second-order valence-electron chi connectivity index (χ2n) is 7.99. The summed E-state index contributed by atoms with van der Waals surface area (Å²) in [5, 5.41) is 15.2. The van der Waals surface area contributed by atoms with E-state index < -0.39 is 0 Å². The minimum Gasteiger partial charge on any atom is -0.349 e. The molecule has 2 fully saturated rings. The predicted octanol–water partition coefficient (Wildman–Crippen LogP) is 4.41. The second kappa shape index (κ2) is 8.62. The first kappa shape index (κ1) is 19.3. The van der Waals surface area contributed by atoms with Crippen LogP contribution in [0, 0.1) is 0 Å². The summed E-state index contributed by atoms with van der Waals surface area (Å²) < 4.78 is 0. The Kier molecular flexibility index (Phi) is 5.55. The van der Waals surface area contributed by atoms with Crippen molar-refractivity contribution in [2.75, 3.05) is 29.9 Å². The average molecular weight is 424 g/mol. The van der Waals surface area contributed by atoms with Crippen molar-refractivity contribution in [2.24, 2.45) is 0 Å². The van der Waals surface area contributed by atoms with Gasteiger partial charge in [-0.15, -0.1) is 0 Å². The molecule has 2 aromatic heterocycles. The highest BCUT2D eigenvalue weighted by atomic mass is 35.5. The van der Waals surface area contributed by atoms with E-state index in [0.717, 1.165) is 73.4 Å². The van der Waals surface area contributed by atoms with Crippen LogP contribution in [0.2, 0.25) is 5.02 Å². The van der Waals surface area contributed by atoms with Crippen LogP contribution in [0.5, 0.6) is 0 Å². The minimum atomic E-state index is 0.235. The predicted molar refractivity (Wildman–Crippen MR) is 120 cm³/mol. The lowest BCUT2D eigenvalue weighted by Gasteiger charge is -2.26. The molecule has 0 aliphatic carbocycles. The lowest BCUT2D eigenvalue weighted by molar-refractivity contribution is 0.453. The summed E-state index contributed by atoms with van der Waals surface area (Å²) in [5.74, 6) is 2.98. The summed E-state index contributed by atoms with van der Waals surface area (Å²) in [6.07, 6.45) is 6.06. The molecule has 8 heteroatoms. The summed E-state index contributed by atoms with van der Waals surface area (Å²) in [6, 6.07) is 12.4. The van der Waals surface area contributed by atoms with E-state index in [1.165, 1.54) is 5.69 Å². The van der Waals surface area contributed by atoms with Gasteiger partial charge in [-0.25, -0.2) is 9.97 Å². The summed E-state index contributed by atoms with van der Waals surface area (Å²) in [4.78, 5) is 11.3. The highest BCUT2D eigenvalue weighted by molar-refractivity contribution is 6.31. The number of hydrogen-bond acceptors (Lipinski definition) is 6. The van der Waals surface area contributed by atoms with Gasteiger partial charge in [0.15, 0.2) is 5.82 Å². The van der Waals surface area contributed by atoms with Crippen LogP contribution in [-0.2, 0) is 0 Å². The zero-order valence-corrected chi connectivity index (χ0v) is 17.6. The Balaban J connectivity index is 1.33. The summed E-state index contributed by atoms with van der Waals surface area (Å²) >= 11 is 6.47. The third-order valence-corrected chi connectivity index (χ3v) is 6.44. The van der Waals surface area contributed by atoms with Crippen LogP contribution in [0.3, 0.4) is 0 Å². The highest BCUT2D eigenvalue weighted by Gasteiger charge is 2.28. The fraction of sp³-hybridized carbons (Fsp3) is 0.409. The quantitative estimate of drug-likeness (QED) is 0.564. The van der Waals surface area contributed by atoms with Crippen molar-refractivity contribution in [3.05, 3.63) is 59.0 Å². The maximum atomic E-state index is 6.47. The first-order valence-corrected chi connectivity index (χ1v) is 11.0. The van der Waals surface area contributed by atoms with Gasteiger partial charge in [0.1, 0.15) is 18.0 Å². The van der Waals surface area contributed by atoms with Gasteiger partial charge < -0.3 is 15.5 Å². The molecule has 0 bridgehead atoms. The number of nitrogens with zero attached hydrogens (tertiary/aromatic N) is 4. The van der Waals surface area contributed by atoms with Crippen molar-refractivity contribution < 1.29 is 0 Å². The van der Waals surface area contributed by atoms with E-state index in [1.807, 2.05) is 24.3 Å². The van der Waals surface area contributed by atoms with Gasteiger partial charge in [0.2, 0.25) is 0 Å². The van der Waals surface area contributed by atoms with Crippen molar-refractivity contribution in [3.63, 3.8) is 0 Å². The number of nitrogens with one attached hydrogen (secondary N) is 3. The van der Waals surface area contributed by atoms with E-state index in [2.05, 4.69) is 47.8 Å². The molecule has 0 radical (unpaired) electrons. The Bertz CT molecular complexity index is 998. The molecule has 1 atom stereocenters. The van der Waals surface area contributed by atoms with Gasteiger partial charge in [0, 0.05) is 35.3 Å². The lowest BCUT2D eigenvalue weighted by Crippen LogP contribution is -2.26. The van der Waals surface area contributed by atoms with Crippen LogP contribution in [-0.4, -0.2) is 39.8 Å². The molecule has 1 aromatic carbocycles. The molecule has 7 nitrogen and oxygen atoms in total. The minimum absolute atomic E-state index is 0.235. The Morgan fingerprint density at radius 2 is 1.90 bits per heavy atom. The lowest BCUT2D eigenvalue weighted by atomic mass is 9.95. The normalized spacial score (nSPS) is 19.9. The van der Waals surface area contributed by atoms with Gasteiger partial charge >= 0.3 is 0 Å². The molecule has 3 N–H and O–H groups in total. The third-order valence-electron chi connectivity index (χ3n) is 6.10. The Morgan fingerprint density at radius 3 is 2.77 bits per heavy atom. The number of aromatic amines is 1. The maximum absolute atomic E-state index is 6.47. The van der Waals surface area contributed by atoms with E-state index in [0.29, 0.717) is 5.92 Å². The fourth-order valence-electron chi connectivity index (χ4n) is 4.56. The fourth-order valence-corrected chi connectivity index (χ4v) is 4.82. The standard InChI is InChI=1S/C22H26ClN7/c23-17-5-2-1-4-16(17)19-6-3-11-30(19)22-13-20(25-14-26-22)27-21-12-18(28-29-21)15-7-9-24-10-8-15/h1-2,4-5,12-15,19,24H,3,6-11H2,(H2,25,26,27,28,29). The molecule has 156 valence electrons. The zero-order chi connectivity index (χ0) is 20.3. The number of hydrogen-bond donors (Lipinski definition) is 3. The number of piperidine rings is 1. The van der Waals surface area contributed by atoms with Crippen LogP contribution in [0.4, 0.5) is 17.5 Å². The van der Waals surface area contributed by atoms with Gasteiger partial charge in [0.25, 0.3) is 0 Å². The van der Waals surface area contributed by atoms with E-state index in [-0.39, 0.29) is 6.04 Å². The van der Waals surface area contributed by atoms with E-state index in [1.54, 1.807) is 6.33 Å². The molecule has 0 saturated carbocycles. The van der Waals surface area contributed by atoms with Crippen molar-refractivity contribution in [2.45, 2.75) is 37.6 Å². The van der Waals surface area contributed by atoms with E-state index >= 15 is 0 Å². The van der Waals surface area contributed by atoms with Gasteiger partial charge in [-0.1, -0.05) is 29.8 Å². The number of halogens is 1. The third kappa shape index (κ3) is 4.00. The van der Waals surface area contributed by atoms with E-state index in [4.69, 9.17) is 11.6 Å². The van der Waals surface area contributed by atoms with Crippen LogP contribution >= 0.6 is 11.6 Å². The summed E-state index contributed by atoms with van der Waals surface area (Å²) in [7, 11) is 0. The molecule has 3 aromatic rings. The molecule has 2 aliphatic heterocycles. The monoisotopic (exact) mass is 423 g/mol. The molecular weight excluding hydrogens is 398 g/mol. The van der Waals surface area contributed by atoms with Crippen LogP contribution in [0.15, 0.2) is 42.7 Å². The number of H-pyrrole nitrogens is 1. The number of rotatable bonds is 5. The van der Waals surface area contributed by atoms with Gasteiger partial charge in [-0.3, -0.25) is 5.10 Å². The number of benzene rings is 1. The Morgan fingerprint density at radius 1 is 1.03 bits per heavy atom. The Labute approximate surface area is 181 Å². The highest BCUT2D eigenvalue weighted by Crippen LogP contribution is 2.38. The maximum Gasteiger partial charge on any atom is 0.153 e. The number of aromatic nitrogens is 4. The summed E-state index contributed by atoms with van der Waals surface area (Å²) in [5.41, 5.74) is 2.34. The average Bonchev–Trinajstić information content (AvgIpc) is 3.45. The molecule has 4 heterocycles. The first-order valence-electron chi connectivity index (χ1n) is 10.6. The molecule has 2 aliphatic rings. The molecule has 30 heavy (non-hydrogen) atoms. The van der Waals surface area contributed by atoms with Gasteiger partial charge in [-0.05, 0) is 50.4 Å². The second-order valence-corrected chi connectivity index (χ2v) is 8.40. The van der Waals surface area contributed by atoms with Crippen LogP contribution in [0.25, 0.3) is 0 Å². The molecule has 5 rings (SSSR count). The molecule has 0 spiro atoms. The van der Waals surface area contributed by atoms with Crippen LogP contribution in [0.1, 0.15) is 48.9 Å². The first-order chi connectivity index (χ1) is 14.8. The van der Waals surface area contributed by atoms with Crippen molar-refractivity contribution in [1.29, 1.82) is 0 Å². The van der Waals surface area contributed by atoms with Crippen LogP contribution < -0.4 is 15.5 Å².